The Bertz CT molecular complexity index is 179. The van der Waals surface area contributed by atoms with Gasteiger partial charge >= 0.3 is 0 Å². The molecular weight excluding hydrogens is 162 g/mol. The first kappa shape index (κ1) is 9.01. The van der Waals surface area contributed by atoms with Gasteiger partial charge in [0.05, 0.1) is 6.54 Å². The lowest BCUT2D eigenvalue weighted by Crippen LogP contribution is -2.38. The van der Waals surface area contributed by atoms with Crippen molar-refractivity contribution in [2.24, 2.45) is 5.92 Å². The van der Waals surface area contributed by atoms with Gasteiger partial charge in [-0.25, -0.2) is 0 Å². The van der Waals surface area contributed by atoms with Crippen LogP contribution in [0.25, 0.3) is 0 Å². The number of hydrogen-bond acceptors (Lipinski definition) is 2. The van der Waals surface area contributed by atoms with E-state index >= 15 is 0 Å². The molecular formula is C8H14ClNO. The van der Waals surface area contributed by atoms with Crippen molar-refractivity contribution in [1.29, 1.82) is 0 Å². The van der Waals surface area contributed by atoms with Crippen LogP contribution in [0.4, 0.5) is 0 Å². The number of ketones is 1. The SMILES string of the molecule is CC1(C2CC2)CC(=O)CN1.Cl. The van der Waals surface area contributed by atoms with Crippen LogP contribution >= 0.6 is 12.4 Å². The fraction of sp³-hybridized carbons (Fsp3) is 0.875. The van der Waals surface area contributed by atoms with Gasteiger partial charge in [0.2, 0.25) is 0 Å². The van der Waals surface area contributed by atoms with Gasteiger partial charge in [-0.15, -0.1) is 12.4 Å². The molecule has 0 radical (unpaired) electrons. The van der Waals surface area contributed by atoms with Crippen molar-refractivity contribution in [3.05, 3.63) is 0 Å². The van der Waals surface area contributed by atoms with Crippen LogP contribution < -0.4 is 5.32 Å². The Kier molecular flexibility index (Phi) is 2.26. The highest BCUT2D eigenvalue weighted by Gasteiger charge is 2.45. The highest BCUT2D eigenvalue weighted by Crippen LogP contribution is 2.42. The summed E-state index contributed by atoms with van der Waals surface area (Å²) in [5, 5.41) is 3.30. The van der Waals surface area contributed by atoms with E-state index in [-0.39, 0.29) is 17.9 Å². The molecule has 1 saturated heterocycles. The van der Waals surface area contributed by atoms with Crippen LogP contribution in [0.2, 0.25) is 0 Å². The molecule has 2 aliphatic rings. The smallest absolute Gasteiger partial charge is 0.148 e. The second kappa shape index (κ2) is 2.76. The third kappa shape index (κ3) is 1.57. The summed E-state index contributed by atoms with van der Waals surface area (Å²) in [4.78, 5) is 10.9. The Morgan fingerprint density at radius 1 is 1.55 bits per heavy atom. The number of halogens is 1. The molecule has 2 rings (SSSR count). The minimum absolute atomic E-state index is 0. The molecule has 0 amide bonds. The lowest BCUT2D eigenvalue weighted by molar-refractivity contribution is -0.116. The van der Waals surface area contributed by atoms with Gasteiger partial charge in [-0.1, -0.05) is 0 Å². The van der Waals surface area contributed by atoms with Crippen molar-refractivity contribution in [3.8, 4) is 0 Å². The third-order valence-electron chi connectivity index (χ3n) is 2.73. The van der Waals surface area contributed by atoms with E-state index in [4.69, 9.17) is 0 Å². The summed E-state index contributed by atoms with van der Waals surface area (Å²) in [5.74, 6) is 1.17. The van der Waals surface area contributed by atoms with Crippen LogP contribution in [0.3, 0.4) is 0 Å². The molecule has 1 heterocycles. The second-order valence-corrected chi connectivity index (χ2v) is 3.76. The highest BCUT2D eigenvalue weighted by atomic mass is 35.5. The highest BCUT2D eigenvalue weighted by molar-refractivity contribution is 5.85. The molecule has 64 valence electrons. The van der Waals surface area contributed by atoms with Crippen LogP contribution in [-0.2, 0) is 4.79 Å². The molecule has 0 spiro atoms. The molecule has 1 N–H and O–H groups in total. The van der Waals surface area contributed by atoms with Crippen LogP contribution in [0.1, 0.15) is 26.2 Å². The molecule has 1 saturated carbocycles. The topological polar surface area (TPSA) is 29.1 Å². The molecule has 2 fully saturated rings. The van der Waals surface area contributed by atoms with Gasteiger partial charge in [0, 0.05) is 12.0 Å². The van der Waals surface area contributed by atoms with Gasteiger partial charge in [0.15, 0.2) is 0 Å². The van der Waals surface area contributed by atoms with Crippen LogP contribution in [0.15, 0.2) is 0 Å². The Labute approximate surface area is 73.1 Å². The minimum atomic E-state index is 0. The zero-order valence-corrected chi connectivity index (χ0v) is 7.54. The lowest BCUT2D eigenvalue weighted by Gasteiger charge is -2.22. The Balaban J connectivity index is 0.000000605. The number of carbonyl (C=O) groups excluding carboxylic acids is 1. The molecule has 2 nitrogen and oxygen atoms in total. The summed E-state index contributed by atoms with van der Waals surface area (Å²) in [7, 11) is 0. The number of rotatable bonds is 1. The number of carbonyl (C=O) groups is 1. The monoisotopic (exact) mass is 175 g/mol. The van der Waals surface area contributed by atoms with E-state index in [1.807, 2.05) is 0 Å². The van der Waals surface area contributed by atoms with Gasteiger partial charge in [0.25, 0.3) is 0 Å². The number of nitrogens with one attached hydrogen (secondary N) is 1. The fourth-order valence-corrected chi connectivity index (χ4v) is 1.84. The van der Waals surface area contributed by atoms with Crippen LogP contribution in [0, 0.1) is 5.92 Å². The normalized spacial score (nSPS) is 37.0. The summed E-state index contributed by atoms with van der Waals surface area (Å²) in [6.07, 6.45) is 3.39. The molecule has 0 bridgehead atoms. The van der Waals surface area contributed by atoms with Crippen molar-refractivity contribution in [1.82, 2.24) is 5.32 Å². The molecule has 1 aliphatic carbocycles. The number of Topliss-reactive ketones (excluding diaryl/α,β-unsaturated/α-hetero) is 1. The summed E-state index contributed by atoms with van der Waals surface area (Å²) in [6.45, 7) is 2.78. The Morgan fingerprint density at radius 3 is 2.55 bits per heavy atom. The Hall–Kier alpha value is -0.0800. The molecule has 0 aromatic carbocycles. The van der Waals surface area contributed by atoms with Crippen LogP contribution in [0.5, 0.6) is 0 Å². The average Bonchev–Trinajstić information content (AvgIpc) is 2.62. The maximum atomic E-state index is 10.9. The van der Waals surface area contributed by atoms with E-state index in [2.05, 4.69) is 12.2 Å². The summed E-state index contributed by atoms with van der Waals surface area (Å²) < 4.78 is 0. The first-order valence-corrected chi connectivity index (χ1v) is 3.97. The molecule has 3 heteroatoms. The minimum Gasteiger partial charge on any atom is -0.304 e. The Morgan fingerprint density at radius 2 is 2.18 bits per heavy atom. The second-order valence-electron chi connectivity index (χ2n) is 3.76. The molecule has 11 heavy (non-hydrogen) atoms. The standard InChI is InChI=1S/C8H13NO.ClH/c1-8(6-2-3-6)4-7(10)5-9-8;/h6,9H,2-5H2,1H3;1H. The first-order valence-electron chi connectivity index (χ1n) is 3.97. The zero-order chi connectivity index (χ0) is 7.19. The maximum absolute atomic E-state index is 10.9. The van der Waals surface area contributed by atoms with Crippen molar-refractivity contribution in [3.63, 3.8) is 0 Å². The third-order valence-corrected chi connectivity index (χ3v) is 2.73. The van der Waals surface area contributed by atoms with Gasteiger partial charge in [-0.2, -0.15) is 0 Å². The van der Waals surface area contributed by atoms with Crippen molar-refractivity contribution in [2.45, 2.75) is 31.7 Å². The van der Waals surface area contributed by atoms with E-state index in [1.165, 1.54) is 12.8 Å². The summed E-state index contributed by atoms with van der Waals surface area (Å²) >= 11 is 0. The average molecular weight is 176 g/mol. The van der Waals surface area contributed by atoms with E-state index in [1.54, 1.807) is 0 Å². The summed E-state index contributed by atoms with van der Waals surface area (Å²) in [5.41, 5.74) is 0.178. The predicted octanol–water partition coefficient (Wildman–Crippen LogP) is 1.14. The fourth-order valence-electron chi connectivity index (χ4n) is 1.84. The van der Waals surface area contributed by atoms with Gasteiger partial charge in [0.1, 0.15) is 5.78 Å². The first-order chi connectivity index (χ1) is 4.71. The largest absolute Gasteiger partial charge is 0.304 e. The summed E-state index contributed by atoms with van der Waals surface area (Å²) in [6, 6.07) is 0. The molecule has 0 aromatic heterocycles. The maximum Gasteiger partial charge on any atom is 0.148 e. The zero-order valence-electron chi connectivity index (χ0n) is 6.72. The van der Waals surface area contributed by atoms with E-state index < -0.39 is 0 Å². The molecule has 0 aromatic rings. The van der Waals surface area contributed by atoms with Crippen molar-refractivity contribution >= 4 is 18.2 Å². The van der Waals surface area contributed by atoms with Crippen molar-refractivity contribution < 1.29 is 4.79 Å². The van der Waals surface area contributed by atoms with Crippen molar-refractivity contribution in [2.75, 3.05) is 6.54 Å². The molecule has 1 atom stereocenters. The quantitative estimate of drug-likeness (QED) is 0.648. The van der Waals surface area contributed by atoms with Gasteiger partial charge < -0.3 is 5.32 Å². The lowest BCUT2D eigenvalue weighted by atomic mass is 9.94. The van der Waals surface area contributed by atoms with Gasteiger partial charge in [-0.3, -0.25) is 4.79 Å². The molecule has 1 aliphatic heterocycles. The van der Waals surface area contributed by atoms with E-state index in [0.29, 0.717) is 12.3 Å². The van der Waals surface area contributed by atoms with E-state index in [9.17, 15) is 4.79 Å². The predicted molar refractivity (Wildman–Crippen MR) is 46.0 cm³/mol. The molecule has 1 unspecified atom stereocenters. The number of hydrogen-bond donors (Lipinski definition) is 1. The van der Waals surface area contributed by atoms with Gasteiger partial charge in [-0.05, 0) is 25.7 Å². The van der Waals surface area contributed by atoms with E-state index in [0.717, 1.165) is 12.3 Å². The van der Waals surface area contributed by atoms with Crippen LogP contribution in [-0.4, -0.2) is 17.9 Å².